The number of piperazine rings is 1. The molecule has 1 fully saturated rings. The molecule has 1 aromatic rings. The summed E-state index contributed by atoms with van der Waals surface area (Å²) >= 11 is 0. The van der Waals surface area contributed by atoms with Crippen LogP contribution in [0.3, 0.4) is 0 Å². The third-order valence-corrected chi connectivity index (χ3v) is 5.22. The van der Waals surface area contributed by atoms with Gasteiger partial charge in [0.1, 0.15) is 6.54 Å². The number of rotatable bonds is 3. The number of halogens is 3. The summed E-state index contributed by atoms with van der Waals surface area (Å²) in [5.74, 6) is -0.285. The van der Waals surface area contributed by atoms with Crippen molar-refractivity contribution in [3.8, 4) is 0 Å². The quantitative estimate of drug-likeness (QED) is 0.729. The molecule has 0 unspecified atom stereocenters. The Morgan fingerprint density at radius 2 is 1.68 bits per heavy atom. The smallest absolute Gasteiger partial charge is 0.435 e. The minimum atomic E-state index is -4.52. The first-order valence-electron chi connectivity index (χ1n) is 9.66. The number of hydrogen-bond acceptors (Lipinski definition) is 4. The van der Waals surface area contributed by atoms with Crippen molar-refractivity contribution >= 4 is 12.0 Å². The van der Waals surface area contributed by atoms with E-state index in [0.29, 0.717) is 51.1 Å². The zero-order valence-electron chi connectivity index (χ0n) is 15.9. The summed E-state index contributed by atoms with van der Waals surface area (Å²) in [6.45, 7) is 3.13. The van der Waals surface area contributed by atoms with Crippen LogP contribution in [0.1, 0.15) is 43.1 Å². The number of aromatic nitrogens is 2. The molecule has 0 atom stereocenters. The van der Waals surface area contributed by atoms with Crippen LogP contribution in [0.2, 0.25) is 0 Å². The second-order valence-corrected chi connectivity index (χ2v) is 7.06. The van der Waals surface area contributed by atoms with Gasteiger partial charge in [0.15, 0.2) is 5.69 Å². The molecule has 2 aliphatic rings. The van der Waals surface area contributed by atoms with Crippen molar-refractivity contribution < 1.29 is 27.5 Å². The lowest BCUT2D eigenvalue weighted by Gasteiger charge is -2.34. The van der Waals surface area contributed by atoms with Crippen LogP contribution in [-0.2, 0) is 35.1 Å². The molecule has 1 aliphatic carbocycles. The van der Waals surface area contributed by atoms with E-state index in [9.17, 15) is 22.8 Å². The van der Waals surface area contributed by atoms with Crippen molar-refractivity contribution in [3.05, 3.63) is 17.0 Å². The zero-order valence-corrected chi connectivity index (χ0v) is 15.9. The second-order valence-electron chi connectivity index (χ2n) is 7.06. The molecule has 0 radical (unpaired) electrons. The van der Waals surface area contributed by atoms with E-state index < -0.39 is 18.0 Å². The van der Waals surface area contributed by atoms with E-state index >= 15 is 0 Å². The lowest BCUT2D eigenvalue weighted by molar-refractivity contribution is -0.142. The first kappa shape index (κ1) is 20.5. The molecular formula is C18H25F3N4O3. The van der Waals surface area contributed by atoms with E-state index in [0.717, 1.165) is 12.8 Å². The molecular weight excluding hydrogens is 377 g/mol. The van der Waals surface area contributed by atoms with Gasteiger partial charge in [-0.1, -0.05) is 6.42 Å². The third-order valence-electron chi connectivity index (χ3n) is 5.22. The molecule has 1 saturated heterocycles. The normalized spacial score (nSPS) is 17.9. The Bertz CT molecular complexity index is 724. The van der Waals surface area contributed by atoms with E-state index in [-0.39, 0.29) is 24.6 Å². The van der Waals surface area contributed by atoms with E-state index in [1.807, 2.05) is 0 Å². The highest BCUT2D eigenvalue weighted by molar-refractivity contribution is 5.76. The topological polar surface area (TPSA) is 67.7 Å². The van der Waals surface area contributed by atoms with Gasteiger partial charge < -0.3 is 14.5 Å². The minimum Gasteiger partial charge on any atom is -0.450 e. The number of fused-ring (bicyclic) bond motifs is 1. The van der Waals surface area contributed by atoms with Gasteiger partial charge in [-0.3, -0.25) is 9.48 Å². The number of hydrogen-bond donors (Lipinski definition) is 0. The van der Waals surface area contributed by atoms with Gasteiger partial charge in [0, 0.05) is 37.4 Å². The Hall–Kier alpha value is -2.26. The van der Waals surface area contributed by atoms with Gasteiger partial charge in [-0.25, -0.2) is 4.79 Å². The lowest BCUT2D eigenvalue weighted by atomic mass is 10.1. The Morgan fingerprint density at radius 3 is 2.32 bits per heavy atom. The maximum absolute atomic E-state index is 13.4. The average Bonchev–Trinajstić information content (AvgIpc) is 2.84. The molecule has 0 spiro atoms. The molecule has 28 heavy (non-hydrogen) atoms. The zero-order chi connectivity index (χ0) is 20.3. The molecule has 3 rings (SSSR count). The number of nitrogens with zero attached hydrogens (tertiary/aromatic N) is 4. The van der Waals surface area contributed by atoms with Crippen molar-refractivity contribution in [2.75, 3.05) is 32.8 Å². The first-order chi connectivity index (χ1) is 13.3. The maximum Gasteiger partial charge on any atom is 0.435 e. The van der Waals surface area contributed by atoms with E-state index in [1.54, 1.807) is 11.8 Å². The van der Waals surface area contributed by atoms with Crippen molar-refractivity contribution in [3.63, 3.8) is 0 Å². The maximum atomic E-state index is 13.4. The van der Waals surface area contributed by atoms with E-state index in [1.165, 1.54) is 9.58 Å². The van der Waals surface area contributed by atoms with Crippen LogP contribution in [-0.4, -0.2) is 64.4 Å². The summed E-state index contributed by atoms with van der Waals surface area (Å²) in [6, 6.07) is 0. The fraction of sp³-hybridized carbons (Fsp3) is 0.722. The van der Waals surface area contributed by atoms with Crippen molar-refractivity contribution in [1.82, 2.24) is 19.6 Å². The molecule has 7 nitrogen and oxygen atoms in total. The van der Waals surface area contributed by atoms with Crippen LogP contribution in [0.15, 0.2) is 0 Å². The fourth-order valence-electron chi connectivity index (χ4n) is 3.79. The Balaban J connectivity index is 1.69. The van der Waals surface area contributed by atoms with Crippen LogP contribution >= 0.6 is 0 Å². The summed E-state index contributed by atoms with van der Waals surface area (Å²) < 4.78 is 46.3. The van der Waals surface area contributed by atoms with E-state index in [2.05, 4.69) is 5.10 Å². The van der Waals surface area contributed by atoms with Crippen LogP contribution in [0.5, 0.6) is 0 Å². The Morgan fingerprint density at radius 1 is 1.04 bits per heavy atom. The van der Waals surface area contributed by atoms with Crippen molar-refractivity contribution in [1.29, 1.82) is 0 Å². The molecule has 0 saturated carbocycles. The summed E-state index contributed by atoms with van der Waals surface area (Å²) in [4.78, 5) is 27.5. The first-order valence-corrected chi connectivity index (χ1v) is 9.66. The molecule has 1 aliphatic heterocycles. The van der Waals surface area contributed by atoms with Crippen LogP contribution in [0.25, 0.3) is 0 Å². The summed E-state index contributed by atoms with van der Waals surface area (Å²) in [6.07, 6.45) is -1.72. The third kappa shape index (κ3) is 4.41. The van der Waals surface area contributed by atoms with Gasteiger partial charge in [0.05, 0.1) is 6.61 Å². The molecule has 2 amide bonds. The van der Waals surface area contributed by atoms with Crippen LogP contribution < -0.4 is 0 Å². The number of carbonyl (C=O) groups is 2. The predicted molar refractivity (Wildman–Crippen MR) is 93.7 cm³/mol. The SMILES string of the molecule is CCOC(=O)N1CCN(C(=O)Cn2nc(C(F)(F)F)c3c2CCCCC3)CC1. The van der Waals surface area contributed by atoms with Crippen molar-refractivity contribution in [2.45, 2.75) is 51.7 Å². The van der Waals surface area contributed by atoms with Gasteiger partial charge in [-0.2, -0.15) is 18.3 Å². The van der Waals surface area contributed by atoms with Crippen LogP contribution in [0.4, 0.5) is 18.0 Å². The number of alkyl halides is 3. The highest BCUT2D eigenvalue weighted by atomic mass is 19.4. The fourth-order valence-corrected chi connectivity index (χ4v) is 3.79. The highest BCUT2D eigenvalue weighted by Crippen LogP contribution is 2.35. The molecule has 0 N–H and O–H groups in total. The van der Waals surface area contributed by atoms with Gasteiger partial charge >= 0.3 is 12.3 Å². The molecule has 1 aromatic heterocycles. The molecule has 0 bridgehead atoms. The molecule has 0 aromatic carbocycles. The number of ether oxygens (including phenoxy) is 1. The predicted octanol–water partition coefficient (Wildman–Crippen LogP) is 2.47. The molecule has 10 heteroatoms. The number of carbonyl (C=O) groups excluding carboxylic acids is 2. The lowest BCUT2D eigenvalue weighted by Crippen LogP contribution is -2.51. The summed E-state index contributed by atoms with van der Waals surface area (Å²) in [5, 5.41) is 3.77. The van der Waals surface area contributed by atoms with Gasteiger partial charge in [-0.05, 0) is 32.6 Å². The summed E-state index contributed by atoms with van der Waals surface area (Å²) in [7, 11) is 0. The van der Waals surface area contributed by atoms with Gasteiger partial charge in [0.25, 0.3) is 0 Å². The summed E-state index contributed by atoms with van der Waals surface area (Å²) in [5.41, 5.74) is -0.0856. The van der Waals surface area contributed by atoms with Crippen LogP contribution in [0, 0.1) is 0 Å². The van der Waals surface area contributed by atoms with E-state index in [4.69, 9.17) is 4.74 Å². The highest BCUT2D eigenvalue weighted by Gasteiger charge is 2.39. The molecule has 2 heterocycles. The average molecular weight is 402 g/mol. The van der Waals surface area contributed by atoms with Gasteiger partial charge in [0.2, 0.25) is 5.91 Å². The number of amides is 2. The monoisotopic (exact) mass is 402 g/mol. The minimum absolute atomic E-state index is 0.210. The Labute approximate surface area is 161 Å². The largest absolute Gasteiger partial charge is 0.450 e. The van der Waals surface area contributed by atoms with Gasteiger partial charge in [-0.15, -0.1) is 0 Å². The second kappa shape index (κ2) is 8.40. The molecule has 156 valence electrons. The van der Waals surface area contributed by atoms with Crippen molar-refractivity contribution in [2.24, 2.45) is 0 Å². The standard InChI is InChI=1S/C18H25F3N4O3/c1-2-28-17(27)24-10-8-23(9-11-24)15(26)12-25-14-7-5-3-4-6-13(14)16(22-25)18(19,20)21/h2-12H2,1H3. The Kier molecular flexibility index (Phi) is 6.14.